The Kier molecular flexibility index (Phi) is 4.46. The summed E-state index contributed by atoms with van der Waals surface area (Å²) in [5.41, 5.74) is 6.28. The van der Waals surface area contributed by atoms with E-state index in [1.54, 1.807) is 13.0 Å². The second-order valence-corrected chi connectivity index (χ2v) is 4.05. The lowest BCUT2D eigenvalue weighted by Crippen LogP contribution is -2.32. The fourth-order valence-electron chi connectivity index (χ4n) is 1.55. The van der Waals surface area contributed by atoms with Gasteiger partial charge in [0, 0.05) is 5.69 Å². The van der Waals surface area contributed by atoms with E-state index in [4.69, 9.17) is 15.9 Å². The highest BCUT2D eigenvalue weighted by atomic mass is 16.4. The van der Waals surface area contributed by atoms with Gasteiger partial charge < -0.3 is 21.3 Å². The van der Waals surface area contributed by atoms with Gasteiger partial charge in [0.2, 0.25) is 0 Å². The molecule has 0 aliphatic carbocycles. The molecule has 7 nitrogen and oxygen atoms in total. The van der Waals surface area contributed by atoms with E-state index < -0.39 is 30.3 Å². The number of nitrogens with one attached hydrogen (secondary N) is 1. The molecular formula is C12H14N2O5. The Bertz CT molecular complexity index is 527. The van der Waals surface area contributed by atoms with Crippen molar-refractivity contribution < 1.29 is 24.6 Å². The molecule has 1 aromatic carbocycles. The molecule has 1 aromatic rings. The van der Waals surface area contributed by atoms with Gasteiger partial charge in [0.25, 0.3) is 5.91 Å². The van der Waals surface area contributed by atoms with Gasteiger partial charge in [-0.25, -0.2) is 4.79 Å². The molecule has 1 atom stereocenters. The Labute approximate surface area is 109 Å². The van der Waals surface area contributed by atoms with Crippen molar-refractivity contribution in [3.05, 3.63) is 29.3 Å². The van der Waals surface area contributed by atoms with E-state index in [0.29, 0.717) is 0 Å². The number of amides is 1. The molecule has 0 aliphatic heterocycles. The summed E-state index contributed by atoms with van der Waals surface area (Å²) in [7, 11) is 0. The third kappa shape index (κ3) is 3.98. The van der Waals surface area contributed by atoms with E-state index in [1.165, 1.54) is 12.1 Å². The van der Waals surface area contributed by atoms with E-state index in [-0.39, 0.29) is 11.3 Å². The SMILES string of the molecule is Cc1ccc(C(N)=O)c(NC(CC(=O)O)C(=O)O)c1. The molecule has 0 saturated heterocycles. The molecule has 5 N–H and O–H groups in total. The van der Waals surface area contributed by atoms with Crippen molar-refractivity contribution in [1.82, 2.24) is 0 Å². The molecule has 0 bridgehead atoms. The van der Waals surface area contributed by atoms with Crippen molar-refractivity contribution in [2.75, 3.05) is 5.32 Å². The Hall–Kier alpha value is -2.57. The smallest absolute Gasteiger partial charge is 0.326 e. The van der Waals surface area contributed by atoms with Crippen LogP contribution in [-0.2, 0) is 9.59 Å². The maximum Gasteiger partial charge on any atom is 0.326 e. The van der Waals surface area contributed by atoms with Gasteiger partial charge in [-0.15, -0.1) is 0 Å². The van der Waals surface area contributed by atoms with Crippen molar-refractivity contribution in [1.29, 1.82) is 0 Å². The van der Waals surface area contributed by atoms with Crippen LogP contribution in [0.4, 0.5) is 5.69 Å². The third-order valence-corrected chi connectivity index (χ3v) is 2.45. The number of carboxylic acid groups (broad SMARTS) is 2. The van der Waals surface area contributed by atoms with E-state index in [9.17, 15) is 14.4 Å². The highest BCUT2D eigenvalue weighted by Gasteiger charge is 2.22. The summed E-state index contributed by atoms with van der Waals surface area (Å²) in [6.45, 7) is 1.75. The first-order valence-corrected chi connectivity index (χ1v) is 5.43. The Morgan fingerprint density at radius 1 is 1.32 bits per heavy atom. The van der Waals surface area contributed by atoms with Crippen LogP contribution in [0, 0.1) is 6.92 Å². The molecule has 102 valence electrons. The molecule has 1 unspecified atom stereocenters. The zero-order valence-corrected chi connectivity index (χ0v) is 10.2. The predicted octanol–water partition coefficient (Wildman–Crippen LogP) is 0.434. The average Bonchev–Trinajstić information content (AvgIpc) is 2.26. The van der Waals surface area contributed by atoms with E-state index in [1.807, 2.05) is 0 Å². The van der Waals surface area contributed by atoms with Crippen LogP contribution in [0.5, 0.6) is 0 Å². The molecule has 0 saturated carbocycles. The number of benzene rings is 1. The number of anilines is 1. The number of carbonyl (C=O) groups excluding carboxylic acids is 1. The minimum absolute atomic E-state index is 0.113. The number of nitrogens with two attached hydrogens (primary N) is 1. The van der Waals surface area contributed by atoms with Gasteiger partial charge in [0.1, 0.15) is 6.04 Å². The molecule has 0 radical (unpaired) electrons. The van der Waals surface area contributed by atoms with Gasteiger partial charge in [-0.3, -0.25) is 9.59 Å². The number of hydrogen-bond donors (Lipinski definition) is 4. The Morgan fingerprint density at radius 2 is 1.95 bits per heavy atom. The minimum Gasteiger partial charge on any atom is -0.481 e. The lowest BCUT2D eigenvalue weighted by molar-refractivity contribution is -0.144. The number of rotatable bonds is 6. The molecular weight excluding hydrogens is 252 g/mol. The zero-order chi connectivity index (χ0) is 14.6. The Morgan fingerprint density at radius 3 is 2.42 bits per heavy atom. The monoisotopic (exact) mass is 266 g/mol. The molecule has 0 aromatic heterocycles. The molecule has 7 heteroatoms. The summed E-state index contributed by atoms with van der Waals surface area (Å²) in [5, 5.41) is 20.1. The van der Waals surface area contributed by atoms with Crippen LogP contribution >= 0.6 is 0 Å². The summed E-state index contributed by atoms with van der Waals surface area (Å²) in [6.07, 6.45) is -0.610. The van der Waals surface area contributed by atoms with Crippen LogP contribution in [0.2, 0.25) is 0 Å². The van der Waals surface area contributed by atoms with Gasteiger partial charge in [0.05, 0.1) is 12.0 Å². The fraction of sp³-hybridized carbons (Fsp3) is 0.250. The number of aliphatic carboxylic acids is 2. The Balaban J connectivity index is 3.07. The van der Waals surface area contributed by atoms with Gasteiger partial charge in [0.15, 0.2) is 0 Å². The quantitative estimate of drug-likeness (QED) is 0.591. The van der Waals surface area contributed by atoms with E-state index in [0.717, 1.165) is 5.56 Å². The summed E-state index contributed by atoms with van der Waals surface area (Å²) >= 11 is 0. The van der Waals surface area contributed by atoms with Crippen molar-refractivity contribution in [2.45, 2.75) is 19.4 Å². The topological polar surface area (TPSA) is 130 Å². The van der Waals surface area contributed by atoms with Crippen LogP contribution in [0.3, 0.4) is 0 Å². The maximum atomic E-state index is 11.2. The molecule has 1 amide bonds. The molecule has 0 heterocycles. The number of aryl methyl sites for hydroxylation is 1. The van der Waals surface area contributed by atoms with Crippen molar-refractivity contribution >= 4 is 23.5 Å². The summed E-state index contributed by atoms with van der Waals surface area (Å²) in [4.78, 5) is 32.8. The van der Waals surface area contributed by atoms with Crippen LogP contribution in [0.1, 0.15) is 22.3 Å². The first-order valence-electron chi connectivity index (χ1n) is 5.43. The van der Waals surface area contributed by atoms with Crippen LogP contribution in [0.25, 0.3) is 0 Å². The predicted molar refractivity (Wildman–Crippen MR) is 67.0 cm³/mol. The molecule has 1 rings (SSSR count). The second kappa shape index (κ2) is 5.85. The van der Waals surface area contributed by atoms with E-state index >= 15 is 0 Å². The first-order chi connectivity index (χ1) is 8.81. The summed E-state index contributed by atoms with van der Waals surface area (Å²) < 4.78 is 0. The maximum absolute atomic E-state index is 11.2. The van der Waals surface area contributed by atoms with Gasteiger partial charge >= 0.3 is 11.9 Å². The number of carboxylic acids is 2. The van der Waals surface area contributed by atoms with E-state index in [2.05, 4.69) is 5.32 Å². The number of hydrogen-bond acceptors (Lipinski definition) is 4. The first kappa shape index (κ1) is 14.5. The lowest BCUT2D eigenvalue weighted by Gasteiger charge is -2.16. The van der Waals surface area contributed by atoms with Crippen LogP contribution < -0.4 is 11.1 Å². The standard InChI is InChI=1S/C12H14N2O5/c1-6-2-3-7(11(13)17)8(4-6)14-9(12(18)19)5-10(15)16/h2-4,9,14H,5H2,1H3,(H2,13,17)(H,15,16)(H,18,19). The molecule has 0 spiro atoms. The summed E-state index contributed by atoms with van der Waals surface area (Å²) in [5.74, 6) is -3.30. The summed E-state index contributed by atoms with van der Waals surface area (Å²) in [6, 6.07) is 3.31. The van der Waals surface area contributed by atoms with Crippen molar-refractivity contribution in [3.63, 3.8) is 0 Å². The van der Waals surface area contributed by atoms with Gasteiger partial charge in [-0.1, -0.05) is 6.07 Å². The highest BCUT2D eigenvalue weighted by Crippen LogP contribution is 2.19. The van der Waals surface area contributed by atoms with Crippen LogP contribution in [0.15, 0.2) is 18.2 Å². The average molecular weight is 266 g/mol. The second-order valence-electron chi connectivity index (χ2n) is 4.05. The molecule has 0 fully saturated rings. The fourth-order valence-corrected chi connectivity index (χ4v) is 1.55. The van der Waals surface area contributed by atoms with Crippen molar-refractivity contribution in [3.8, 4) is 0 Å². The largest absolute Gasteiger partial charge is 0.481 e. The number of primary amides is 1. The lowest BCUT2D eigenvalue weighted by atomic mass is 10.1. The minimum atomic E-state index is -1.34. The van der Waals surface area contributed by atoms with Gasteiger partial charge in [-0.2, -0.15) is 0 Å². The molecule has 0 aliphatic rings. The highest BCUT2D eigenvalue weighted by molar-refractivity contribution is 5.99. The zero-order valence-electron chi connectivity index (χ0n) is 10.2. The normalized spacial score (nSPS) is 11.6. The van der Waals surface area contributed by atoms with Crippen molar-refractivity contribution in [2.24, 2.45) is 5.73 Å². The molecule has 19 heavy (non-hydrogen) atoms. The number of carbonyl (C=O) groups is 3. The third-order valence-electron chi connectivity index (χ3n) is 2.45. The van der Waals surface area contributed by atoms with Gasteiger partial charge in [-0.05, 0) is 24.6 Å². The van der Waals surface area contributed by atoms with Crippen LogP contribution in [-0.4, -0.2) is 34.1 Å².